The molecule has 0 aliphatic carbocycles. The molecule has 4 nitrogen and oxygen atoms in total. The summed E-state index contributed by atoms with van der Waals surface area (Å²) in [7, 11) is 0. The highest BCUT2D eigenvalue weighted by Gasteiger charge is 2.19. The van der Waals surface area contributed by atoms with Gasteiger partial charge >= 0.3 is 0 Å². The van der Waals surface area contributed by atoms with Crippen molar-refractivity contribution in [3.8, 4) is 10.8 Å². The van der Waals surface area contributed by atoms with Crippen LogP contribution >= 0.6 is 11.3 Å². The van der Waals surface area contributed by atoms with Crippen molar-refractivity contribution in [1.82, 2.24) is 4.98 Å². The summed E-state index contributed by atoms with van der Waals surface area (Å²) in [5.41, 5.74) is -0.0722. The Balaban J connectivity index is 1.88. The molecule has 112 valence electrons. The maximum Gasteiger partial charge on any atom is 0.275 e. The van der Waals surface area contributed by atoms with Gasteiger partial charge in [-0.3, -0.25) is 4.79 Å². The minimum atomic E-state index is -0.714. The van der Waals surface area contributed by atoms with Gasteiger partial charge in [-0.25, -0.2) is 13.8 Å². The van der Waals surface area contributed by atoms with Crippen LogP contribution in [0, 0.1) is 18.6 Å². The normalized spacial score (nSPS) is 10.7. The number of thiazole rings is 1. The number of hydrogen-bond acceptors (Lipinski definition) is 4. The van der Waals surface area contributed by atoms with Crippen molar-refractivity contribution < 1.29 is 18.0 Å². The topological polar surface area (TPSA) is 55.1 Å². The summed E-state index contributed by atoms with van der Waals surface area (Å²) in [6, 6.07) is 6.30. The Bertz CT molecular complexity index is 828. The molecule has 3 aromatic rings. The first-order valence-electron chi connectivity index (χ1n) is 6.32. The molecule has 3 rings (SSSR count). The van der Waals surface area contributed by atoms with Crippen LogP contribution in [0.3, 0.4) is 0 Å². The smallest absolute Gasteiger partial charge is 0.275 e. The quantitative estimate of drug-likeness (QED) is 0.785. The van der Waals surface area contributed by atoms with Crippen LogP contribution in [-0.2, 0) is 0 Å². The fraction of sp³-hybridized carbons (Fsp3) is 0.0667. The molecule has 0 aliphatic rings. The van der Waals surface area contributed by atoms with Gasteiger partial charge in [-0.15, -0.1) is 11.3 Å². The predicted octanol–water partition coefficient (Wildman–Crippen LogP) is 4.24. The Labute approximate surface area is 128 Å². The molecule has 0 saturated heterocycles. The van der Waals surface area contributed by atoms with E-state index in [1.807, 2.05) is 0 Å². The number of aryl methyl sites for hydroxylation is 1. The Hall–Kier alpha value is -2.54. The van der Waals surface area contributed by atoms with Gasteiger partial charge in [-0.05, 0) is 31.2 Å². The Morgan fingerprint density at radius 2 is 2.14 bits per heavy atom. The molecular weight excluding hydrogens is 310 g/mol. The van der Waals surface area contributed by atoms with Crippen LogP contribution < -0.4 is 5.32 Å². The van der Waals surface area contributed by atoms with Crippen molar-refractivity contribution in [2.75, 3.05) is 5.32 Å². The van der Waals surface area contributed by atoms with E-state index in [2.05, 4.69) is 10.3 Å². The number of nitrogens with one attached hydrogen (secondary N) is 1. The molecule has 0 unspecified atom stereocenters. The molecule has 0 spiro atoms. The zero-order chi connectivity index (χ0) is 15.7. The highest BCUT2D eigenvalue weighted by Crippen LogP contribution is 2.28. The zero-order valence-electron chi connectivity index (χ0n) is 11.4. The number of carbonyl (C=O) groups excluding carboxylic acids is 1. The van der Waals surface area contributed by atoms with Gasteiger partial charge in [0, 0.05) is 10.9 Å². The maximum absolute atomic E-state index is 13.6. The number of rotatable bonds is 3. The van der Waals surface area contributed by atoms with E-state index in [1.165, 1.54) is 17.6 Å². The minimum absolute atomic E-state index is 0.153. The largest absolute Gasteiger partial charge is 0.462 e. The van der Waals surface area contributed by atoms with Crippen LogP contribution in [0.4, 0.5) is 14.5 Å². The molecule has 0 saturated carbocycles. The number of nitrogens with zero attached hydrogens (tertiary/aromatic N) is 1. The van der Waals surface area contributed by atoms with Gasteiger partial charge < -0.3 is 9.73 Å². The monoisotopic (exact) mass is 320 g/mol. The highest BCUT2D eigenvalue weighted by atomic mass is 32.1. The summed E-state index contributed by atoms with van der Waals surface area (Å²) in [6.45, 7) is 1.72. The van der Waals surface area contributed by atoms with Crippen molar-refractivity contribution in [1.29, 1.82) is 0 Å². The second-order valence-electron chi connectivity index (χ2n) is 4.48. The fourth-order valence-corrected chi connectivity index (χ4v) is 2.77. The molecule has 0 radical (unpaired) electrons. The van der Waals surface area contributed by atoms with Crippen LogP contribution in [0.5, 0.6) is 0 Å². The SMILES string of the molecule is Cc1sc(-c2ccco2)nc1C(=O)Nc1cc(F)ccc1F. The summed E-state index contributed by atoms with van der Waals surface area (Å²) in [4.78, 5) is 17.0. The highest BCUT2D eigenvalue weighted by molar-refractivity contribution is 7.15. The summed E-state index contributed by atoms with van der Waals surface area (Å²) >= 11 is 1.28. The molecular formula is C15H10F2N2O2S. The number of halogens is 2. The predicted molar refractivity (Wildman–Crippen MR) is 78.9 cm³/mol. The van der Waals surface area contributed by atoms with E-state index >= 15 is 0 Å². The van der Waals surface area contributed by atoms with E-state index in [0.717, 1.165) is 18.2 Å². The summed E-state index contributed by atoms with van der Waals surface area (Å²) in [6.07, 6.45) is 1.51. The van der Waals surface area contributed by atoms with Crippen LogP contribution in [0.1, 0.15) is 15.4 Å². The number of carbonyl (C=O) groups is 1. The fourth-order valence-electron chi connectivity index (χ4n) is 1.89. The molecule has 7 heteroatoms. The van der Waals surface area contributed by atoms with Gasteiger partial charge in [-0.2, -0.15) is 0 Å². The van der Waals surface area contributed by atoms with E-state index in [4.69, 9.17) is 4.42 Å². The second-order valence-corrected chi connectivity index (χ2v) is 5.68. The molecule has 2 heterocycles. The molecule has 1 N–H and O–H groups in total. The molecule has 0 fully saturated rings. The van der Waals surface area contributed by atoms with Gasteiger partial charge in [-0.1, -0.05) is 0 Å². The number of amides is 1. The second kappa shape index (κ2) is 5.69. The molecule has 22 heavy (non-hydrogen) atoms. The Morgan fingerprint density at radius 1 is 1.32 bits per heavy atom. The molecule has 0 aliphatic heterocycles. The standard InChI is InChI=1S/C15H10F2N2O2S/c1-8-13(19-15(22-8)12-3-2-6-21-12)14(20)18-11-7-9(16)4-5-10(11)17/h2-7H,1H3,(H,18,20). The lowest BCUT2D eigenvalue weighted by Gasteiger charge is -2.05. The number of anilines is 1. The average Bonchev–Trinajstić information content (AvgIpc) is 3.11. The Morgan fingerprint density at radius 3 is 2.86 bits per heavy atom. The number of furan rings is 1. The van der Waals surface area contributed by atoms with Crippen LogP contribution in [0.15, 0.2) is 41.0 Å². The number of aromatic nitrogens is 1. The van der Waals surface area contributed by atoms with Crippen LogP contribution in [0.2, 0.25) is 0 Å². The lowest BCUT2D eigenvalue weighted by molar-refractivity contribution is 0.102. The van der Waals surface area contributed by atoms with Crippen molar-refractivity contribution >= 4 is 22.9 Å². The van der Waals surface area contributed by atoms with Crippen molar-refractivity contribution in [2.24, 2.45) is 0 Å². The maximum atomic E-state index is 13.6. The van der Waals surface area contributed by atoms with Gasteiger partial charge in [0.2, 0.25) is 0 Å². The van der Waals surface area contributed by atoms with Gasteiger partial charge in [0.25, 0.3) is 5.91 Å². The molecule has 2 aromatic heterocycles. The van der Waals surface area contributed by atoms with Crippen LogP contribution in [0.25, 0.3) is 10.8 Å². The van der Waals surface area contributed by atoms with Crippen molar-refractivity contribution in [2.45, 2.75) is 6.92 Å². The lowest BCUT2D eigenvalue weighted by Crippen LogP contribution is -2.14. The van der Waals surface area contributed by atoms with E-state index in [9.17, 15) is 13.6 Å². The molecule has 0 atom stereocenters. The Kier molecular flexibility index (Phi) is 3.72. The van der Waals surface area contributed by atoms with E-state index < -0.39 is 17.5 Å². The van der Waals surface area contributed by atoms with Crippen molar-refractivity contribution in [3.05, 3.63) is 58.8 Å². The zero-order valence-corrected chi connectivity index (χ0v) is 12.2. The first-order valence-corrected chi connectivity index (χ1v) is 7.14. The van der Waals surface area contributed by atoms with Crippen molar-refractivity contribution in [3.63, 3.8) is 0 Å². The minimum Gasteiger partial charge on any atom is -0.462 e. The summed E-state index contributed by atoms with van der Waals surface area (Å²) < 4.78 is 31.9. The van der Waals surface area contributed by atoms with E-state index in [0.29, 0.717) is 15.6 Å². The van der Waals surface area contributed by atoms with Gasteiger partial charge in [0.15, 0.2) is 10.8 Å². The molecule has 1 aromatic carbocycles. The number of benzene rings is 1. The first kappa shape index (κ1) is 14.4. The van der Waals surface area contributed by atoms with E-state index in [1.54, 1.807) is 19.1 Å². The average molecular weight is 320 g/mol. The van der Waals surface area contributed by atoms with Gasteiger partial charge in [0.05, 0.1) is 12.0 Å². The molecule has 0 bridgehead atoms. The number of hydrogen-bond donors (Lipinski definition) is 1. The lowest BCUT2D eigenvalue weighted by atomic mass is 10.2. The first-order chi connectivity index (χ1) is 10.5. The third-order valence-corrected chi connectivity index (χ3v) is 3.91. The summed E-state index contributed by atoms with van der Waals surface area (Å²) in [5.74, 6) is -1.41. The van der Waals surface area contributed by atoms with Crippen LogP contribution in [-0.4, -0.2) is 10.9 Å². The third kappa shape index (κ3) is 2.75. The summed E-state index contributed by atoms with van der Waals surface area (Å²) in [5, 5.41) is 2.87. The molecule has 1 amide bonds. The third-order valence-electron chi connectivity index (χ3n) is 2.92. The van der Waals surface area contributed by atoms with E-state index in [-0.39, 0.29) is 11.4 Å². The van der Waals surface area contributed by atoms with Gasteiger partial charge in [0.1, 0.15) is 17.3 Å².